The summed E-state index contributed by atoms with van der Waals surface area (Å²) in [6.07, 6.45) is 0. The summed E-state index contributed by atoms with van der Waals surface area (Å²) in [7, 11) is 0.750. The van der Waals surface area contributed by atoms with Crippen molar-refractivity contribution in [2.75, 3.05) is 7.11 Å². The minimum Gasteiger partial charge on any atom is -0.870 e. The number of hydrogen-bond acceptors (Lipinski definition) is 2. The fraction of sp³-hybridized carbons (Fsp3) is 1.00. The summed E-state index contributed by atoms with van der Waals surface area (Å²) in [6, 6.07) is 0. The molecule has 0 saturated heterocycles. The Morgan fingerprint density at radius 1 is 1.25 bits per heavy atom. The van der Waals surface area contributed by atoms with Crippen LogP contribution in [0.4, 0.5) is 0 Å². The first-order valence-electron chi connectivity index (χ1n) is 0.408. The third-order valence-electron chi connectivity index (χ3n) is 0. The van der Waals surface area contributed by atoms with E-state index in [0.717, 1.165) is 7.11 Å². The van der Waals surface area contributed by atoms with Crippen molar-refractivity contribution >= 4 is 37.7 Å². The molecule has 0 fully saturated rings. The third kappa shape index (κ3) is 10.9. The van der Waals surface area contributed by atoms with Crippen LogP contribution in [0.3, 0.4) is 0 Å². The van der Waals surface area contributed by atoms with E-state index in [1.165, 1.54) is 0 Å². The summed E-state index contributed by atoms with van der Waals surface area (Å²) >= 11 is 0. The van der Waals surface area contributed by atoms with Crippen LogP contribution in [-0.4, -0.2) is 50.3 Å². The zero-order valence-corrected chi connectivity index (χ0v) is 4.77. The maximum atomic E-state index is 8.25. The first-order valence-corrected chi connectivity index (χ1v) is 0.408. The van der Waals surface area contributed by atoms with E-state index in [-0.39, 0.29) is 43.2 Å². The minimum absolute atomic E-state index is 0. The van der Waals surface area contributed by atoms with E-state index >= 15 is 0 Å². The standard InChI is InChI=1S/CH3O.Ca.H2O/c1-2;;/h1H3;;1H2/q-1;+2;/p-1. The normalized spacial score (nSPS) is 1.50. The summed E-state index contributed by atoms with van der Waals surface area (Å²) in [6.45, 7) is 0. The molecule has 3 heteroatoms. The van der Waals surface area contributed by atoms with Gasteiger partial charge in [-0.2, -0.15) is 7.11 Å². The molecule has 0 aliphatic heterocycles. The van der Waals surface area contributed by atoms with Crippen LogP contribution in [0.15, 0.2) is 0 Å². The van der Waals surface area contributed by atoms with Crippen molar-refractivity contribution in [2.24, 2.45) is 0 Å². The molecule has 0 aliphatic carbocycles. The maximum absolute atomic E-state index is 8.25. The molecule has 0 bridgehead atoms. The first kappa shape index (κ1) is 19.0. The van der Waals surface area contributed by atoms with Gasteiger partial charge in [0.2, 0.25) is 0 Å². The van der Waals surface area contributed by atoms with E-state index < -0.39 is 0 Å². The Hall–Kier alpha value is 1.18. The predicted octanol–water partition coefficient (Wildman–Crippen LogP) is -1.58. The molecule has 0 amide bonds. The van der Waals surface area contributed by atoms with Gasteiger partial charge in [0.05, 0.1) is 0 Å². The van der Waals surface area contributed by atoms with Crippen LogP contribution < -0.4 is 5.11 Å². The molecule has 1 N–H and O–H groups in total. The Kier molecular flexibility index (Phi) is 145. The number of hydrogen-bond donors (Lipinski definition) is 0. The van der Waals surface area contributed by atoms with Crippen LogP contribution in [0, 0.1) is 0 Å². The molecule has 0 heterocycles. The smallest absolute Gasteiger partial charge is 0.870 e. The SMILES string of the molecule is C[O-].[Ca+2].[OH-]. The molecule has 0 spiro atoms. The van der Waals surface area contributed by atoms with E-state index in [2.05, 4.69) is 0 Å². The van der Waals surface area contributed by atoms with Gasteiger partial charge in [0.25, 0.3) is 0 Å². The van der Waals surface area contributed by atoms with Crippen LogP contribution in [0.5, 0.6) is 0 Å². The molecule has 2 nitrogen and oxygen atoms in total. The third-order valence-corrected chi connectivity index (χ3v) is 0. The van der Waals surface area contributed by atoms with Crippen molar-refractivity contribution in [3.05, 3.63) is 0 Å². The Morgan fingerprint density at radius 3 is 1.25 bits per heavy atom. The van der Waals surface area contributed by atoms with Crippen LogP contribution in [0.1, 0.15) is 0 Å². The van der Waals surface area contributed by atoms with Gasteiger partial charge in [0.15, 0.2) is 0 Å². The molecular formula is CH4CaO2. The molecule has 0 aromatic rings. The quantitative estimate of drug-likeness (QED) is 0.335. The summed E-state index contributed by atoms with van der Waals surface area (Å²) in [5.41, 5.74) is 0. The van der Waals surface area contributed by atoms with Crippen molar-refractivity contribution < 1.29 is 10.6 Å². The Morgan fingerprint density at radius 2 is 1.25 bits per heavy atom. The van der Waals surface area contributed by atoms with Crippen LogP contribution in [-0.2, 0) is 0 Å². The Labute approximate surface area is 55.1 Å². The summed E-state index contributed by atoms with van der Waals surface area (Å²) in [5, 5.41) is 8.25. The fourth-order valence-corrected chi connectivity index (χ4v) is 0. The minimum atomic E-state index is 0. The molecule has 0 saturated carbocycles. The molecule has 0 rings (SSSR count). The first-order chi connectivity index (χ1) is 1.00. The molecule has 22 valence electrons. The van der Waals surface area contributed by atoms with E-state index in [0.29, 0.717) is 0 Å². The molecule has 0 aromatic carbocycles. The molecule has 0 aliphatic rings. The van der Waals surface area contributed by atoms with Crippen LogP contribution >= 0.6 is 0 Å². The van der Waals surface area contributed by atoms with Gasteiger partial charge < -0.3 is 10.6 Å². The van der Waals surface area contributed by atoms with Crippen molar-refractivity contribution in [3.63, 3.8) is 0 Å². The molecule has 0 radical (unpaired) electrons. The topological polar surface area (TPSA) is 53.1 Å². The zero-order valence-electron chi connectivity index (χ0n) is 2.56. The second kappa shape index (κ2) is 30.4. The largest absolute Gasteiger partial charge is 2.00 e. The van der Waals surface area contributed by atoms with Gasteiger partial charge in [0.1, 0.15) is 0 Å². The summed E-state index contributed by atoms with van der Waals surface area (Å²) in [4.78, 5) is 0. The van der Waals surface area contributed by atoms with Gasteiger partial charge in [-0.1, -0.05) is 0 Å². The summed E-state index contributed by atoms with van der Waals surface area (Å²) < 4.78 is 0. The monoisotopic (exact) mass is 88.0 g/mol. The van der Waals surface area contributed by atoms with Gasteiger partial charge in [-0.3, -0.25) is 0 Å². The molecule has 0 atom stereocenters. The maximum Gasteiger partial charge on any atom is 2.00 e. The van der Waals surface area contributed by atoms with Crippen molar-refractivity contribution in [2.45, 2.75) is 0 Å². The van der Waals surface area contributed by atoms with Gasteiger partial charge in [-0.05, 0) is 0 Å². The van der Waals surface area contributed by atoms with E-state index in [1.54, 1.807) is 0 Å². The van der Waals surface area contributed by atoms with Crippen molar-refractivity contribution in [3.8, 4) is 0 Å². The van der Waals surface area contributed by atoms with Gasteiger partial charge in [-0.15, -0.1) is 0 Å². The van der Waals surface area contributed by atoms with Crippen molar-refractivity contribution in [1.29, 1.82) is 0 Å². The second-order valence-electron chi connectivity index (χ2n) is 0. The fourth-order valence-electron chi connectivity index (χ4n) is 0. The predicted molar refractivity (Wildman–Crippen MR) is 13.6 cm³/mol. The van der Waals surface area contributed by atoms with Crippen LogP contribution in [0.2, 0.25) is 0 Å². The zero-order chi connectivity index (χ0) is 2.00. The second-order valence-corrected chi connectivity index (χ2v) is 0. The van der Waals surface area contributed by atoms with Crippen LogP contribution in [0.25, 0.3) is 0 Å². The van der Waals surface area contributed by atoms with E-state index in [9.17, 15) is 0 Å². The van der Waals surface area contributed by atoms with E-state index in [1.807, 2.05) is 0 Å². The average Bonchev–Trinajstić information content (AvgIpc) is 1.00. The molecule has 0 unspecified atom stereocenters. The van der Waals surface area contributed by atoms with Gasteiger partial charge in [-0.25, -0.2) is 0 Å². The molecular weight excluding hydrogens is 84.1 g/mol. The van der Waals surface area contributed by atoms with Gasteiger partial charge in [0, 0.05) is 0 Å². The molecule has 4 heavy (non-hydrogen) atoms. The molecule has 0 aromatic heterocycles. The van der Waals surface area contributed by atoms with E-state index in [4.69, 9.17) is 5.11 Å². The van der Waals surface area contributed by atoms with Gasteiger partial charge >= 0.3 is 37.7 Å². The average molecular weight is 88.1 g/mol. The Bertz CT molecular complexity index is 6.00. The Balaban J connectivity index is -0.00000000500. The summed E-state index contributed by atoms with van der Waals surface area (Å²) in [5.74, 6) is 0. The number of rotatable bonds is 0. The van der Waals surface area contributed by atoms with Crippen molar-refractivity contribution in [1.82, 2.24) is 0 Å².